The molecule has 1 aliphatic rings. The summed E-state index contributed by atoms with van der Waals surface area (Å²) in [5, 5.41) is 6.07. The molecule has 0 bridgehead atoms. The van der Waals surface area contributed by atoms with Crippen molar-refractivity contribution in [2.24, 2.45) is 0 Å². The molecule has 4 rings (SSSR count). The average molecular weight is 354 g/mol. The molecular weight excluding hydrogens is 334 g/mol. The summed E-state index contributed by atoms with van der Waals surface area (Å²) in [6.45, 7) is 3.03. The first-order valence-corrected chi connectivity index (χ1v) is 8.90. The standard InChI is InChI=1S/C20H20ClN3O/c21-16-3-1-14(2-4-16)12-24-10-8-18(13-24)23-17-5-6-19-15(11-17)7-9-22-20(19)25/h1-7,9,11,18,23H,8,10,12-13H2,(H,22,25). The van der Waals surface area contributed by atoms with Crippen LogP contribution in [0.3, 0.4) is 0 Å². The van der Waals surface area contributed by atoms with Gasteiger partial charge in [0, 0.05) is 48.0 Å². The van der Waals surface area contributed by atoms with Gasteiger partial charge in [0.05, 0.1) is 0 Å². The SMILES string of the molecule is O=c1[nH]ccc2cc(NC3CCN(Cc4ccc(Cl)cc4)C3)ccc12. The number of nitrogens with one attached hydrogen (secondary N) is 2. The molecular formula is C20H20ClN3O. The monoisotopic (exact) mass is 353 g/mol. The highest BCUT2D eigenvalue weighted by atomic mass is 35.5. The predicted octanol–water partition coefficient (Wildman–Crippen LogP) is 3.87. The van der Waals surface area contributed by atoms with Gasteiger partial charge in [0.25, 0.3) is 5.56 Å². The van der Waals surface area contributed by atoms with Gasteiger partial charge < -0.3 is 10.3 Å². The van der Waals surface area contributed by atoms with E-state index in [1.54, 1.807) is 6.20 Å². The number of rotatable bonds is 4. The van der Waals surface area contributed by atoms with Crippen LogP contribution in [0.5, 0.6) is 0 Å². The molecule has 0 spiro atoms. The van der Waals surface area contributed by atoms with Crippen molar-refractivity contribution in [2.75, 3.05) is 18.4 Å². The van der Waals surface area contributed by atoms with E-state index >= 15 is 0 Å². The summed E-state index contributed by atoms with van der Waals surface area (Å²) in [6, 6.07) is 16.3. The van der Waals surface area contributed by atoms with Crippen LogP contribution in [0.2, 0.25) is 5.02 Å². The maximum atomic E-state index is 11.8. The van der Waals surface area contributed by atoms with Crippen LogP contribution in [0, 0.1) is 0 Å². The fourth-order valence-corrected chi connectivity index (χ4v) is 3.59. The minimum atomic E-state index is -0.0425. The minimum Gasteiger partial charge on any atom is -0.381 e. The van der Waals surface area contributed by atoms with E-state index in [0.29, 0.717) is 6.04 Å². The third-order valence-corrected chi connectivity index (χ3v) is 4.99. The quantitative estimate of drug-likeness (QED) is 0.748. The summed E-state index contributed by atoms with van der Waals surface area (Å²) in [5.41, 5.74) is 2.31. The van der Waals surface area contributed by atoms with Crippen molar-refractivity contribution in [1.82, 2.24) is 9.88 Å². The number of aromatic amines is 1. The second-order valence-corrected chi connectivity index (χ2v) is 7.04. The van der Waals surface area contributed by atoms with Crippen molar-refractivity contribution in [1.29, 1.82) is 0 Å². The molecule has 0 radical (unpaired) electrons. The third kappa shape index (κ3) is 3.70. The highest BCUT2D eigenvalue weighted by molar-refractivity contribution is 6.30. The molecule has 128 valence electrons. The largest absolute Gasteiger partial charge is 0.381 e. The Hall–Kier alpha value is -2.30. The Morgan fingerprint density at radius 3 is 2.84 bits per heavy atom. The number of halogens is 1. The molecule has 3 aromatic rings. The van der Waals surface area contributed by atoms with E-state index in [1.807, 2.05) is 36.4 Å². The molecule has 25 heavy (non-hydrogen) atoms. The van der Waals surface area contributed by atoms with Crippen molar-refractivity contribution in [2.45, 2.75) is 19.0 Å². The molecule has 1 fully saturated rings. The van der Waals surface area contributed by atoms with Crippen molar-refractivity contribution < 1.29 is 0 Å². The number of pyridine rings is 1. The number of H-pyrrole nitrogens is 1. The Morgan fingerprint density at radius 1 is 1.16 bits per heavy atom. The Kier molecular flexibility index (Phi) is 4.47. The second kappa shape index (κ2) is 6.90. The number of anilines is 1. The molecule has 0 aliphatic carbocycles. The molecule has 1 atom stereocenters. The van der Waals surface area contributed by atoms with Gasteiger partial charge in [0.15, 0.2) is 0 Å². The summed E-state index contributed by atoms with van der Waals surface area (Å²) in [5.74, 6) is 0. The molecule has 0 saturated carbocycles. The van der Waals surface area contributed by atoms with Crippen LogP contribution >= 0.6 is 11.6 Å². The van der Waals surface area contributed by atoms with Crippen molar-refractivity contribution in [3.63, 3.8) is 0 Å². The number of likely N-dealkylation sites (tertiary alicyclic amines) is 1. The zero-order valence-electron chi connectivity index (χ0n) is 13.8. The molecule has 0 amide bonds. The van der Waals surface area contributed by atoms with Gasteiger partial charge in [-0.05, 0) is 53.8 Å². The van der Waals surface area contributed by atoms with Gasteiger partial charge in [-0.2, -0.15) is 0 Å². The summed E-state index contributed by atoms with van der Waals surface area (Å²) < 4.78 is 0. The summed E-state index contributed by atoms with van der Waals surface area (Å²) in [4.78, 5) is 16.9. The van der Waals surface area contributed by atoms with E-state index in [9.17, 15) is 4.79 Å². The van der Waals surface area contributed by atoms with Gasteiger partial charge in [-0.1, -0.05) is 23.7 Å². The molecule has 5 heteroatoms. The number of benzene rings is 2. The molecule has 1 unspecified atom stereocenters. The van der Waals surface area contributed by atoms with Crippen LogP contribution in [0.15, 0.2) is 59.5 Å². The van der Waals surface area contributed by atoms with Crippen molar-refractivity contribution in [3.05, 3.63) is 75.7 Å². The molecule has 2 aromatic carbocycles. The minimum absolute atomic E-state index is 0.0425. The van der Waals surface area contributed by atoms with Gasteiger partial charge >= 0.3 is 0 Å². The van der Waals surface area contributed by atoms with Crippen molar-refractivity contribution >= 4 is 28.1 Å². The van der Waals surface area contributed by atoms with Crippen LogP contribution in [0.1, 0.15) is 12.0 Å². The Morgan fingerprint density at radius 2 is 2.00 bits per heavy atom. The lowest BCUT2D eigenvalue weighted by molar-refractivity contribution is 0.328. The molecule has 1 saturated heterocycles. The number of hydrogen-bond donors (Lipinski definition) is 2. The van der Waals surface area contributed by atoms with Crippen LogP contribution in [0.4, 0.5) is 5.69 Å². The lowest BCUT2D eigenvalue weighted by Crippen LogP contribution is -2.26. The zero-order valence-corrected chi connectivity index (χ0v) is 14.6. The normalized spacial score (nSPS) is 17.9. The summed E-state index contributed by atoms with van der Waals surface area (Å²) in [7, 11) is 0. The van der Waals surface area contributed by atoms with E-state index < -0.39 is 0 Å². The zero-order chi connectivity index (χ0) is 17.2. The number of aromatic nitrogens is 1. The smallest absolute Gasteiger partial charge is 0.255 e. The Balaban J connectivity index is 1.40. The molecule has 1 aliphatic heterocycles. The highest BCUT2D eigenvalue weighted by Gasteiger charge is 2.22. The molecule has 1 aromatic heterocycles. The lowest BCUT2D eigenvalue weighted by Gasteiger charge is -2.18. The fraction of sp³-hybridized carbons (Fsp3) is 0.250. The third-order valence-electron chi connectivity index (χ3n) is 4.74. The van der Waals surface area contributed by atoms with Crippen LogP contribution < -0.4 is 10.9 Å². The Bertz CT molecular complexity index is 936. The van der Waals surface area contributed by atoms with Gasteiger partial charge in [0.1, 0.15) is 0 Å². The van der Waals surface area contributed by atoms with Gasteiger partial charge in [-0.15, -0.1) is 0 Å². The maximum Gasteiger partial charge on any atom is 0.255 e. The summed E-state index contributed by atoms with van der Waals surface area (Å²) in [6.07, 6.45) is 2.80. The molecule has 2 N–H and O–H groups in total. The van der Waals surface area contributed by atoms with Crippen LogP contribution in [0.25, 0.3) is 10.8 Å². The lowest BCUT2D eigenvalue weighted by atomic mass is 10.1. The number of hydrogen-bond acceptors (Lipinski definition) is 3. The van der Waals surface area contributed by atoms with Gasteiger partial charge in [-0.3, -0.25) is 9.69 Å². The van der Waals surface area contributed by atoms with E-state index in [1.165, 1.54) is 5.56 Å². The number of fused-ring (bicyclic) bond motifs is 1. The first-order chi connectivity index (χ1) is 12.2. The van der Waals surface area contributed by atoms with E-state index in [2.05, 4.69) is 27.3 Å². The predicted molar refractivity (Wildman–Crippen MR) is 103 cm³/mol. The average Bonchev–Trinajstić information content (AvgIpc) is 3.04. The molecule has 4 nitrogen and oxygen atoms in total. The molecule has 2 heterocycles. The van der Waals surface area contributed by atoms with Crippen molar-refractivity contribution in [3.8, 4) is 0 Å². The van der Waals surface area contributed by atoms with E-state index in [-0.39, 0.29) is 5.56 Å². The maximum absolute atomic E-state index is 11.8. The van der Waals surface area contributed by atoms with Crippen LogP contribution in [-0.2, 0) is 6.54 Å². The van der Waals surface area contributed by atoms with E-state index in [0.717, 1.165) is 47.5 Å². The van der Waals surface area contributed by atoms with Gasteiger partial charge in [0.2, 0.25) is 0 Å². The Labute approximate surface area is 151 Å². The first kappa shape index (κ1) is 16.2. The van der Waals surface area contributed by atoms with Crippen LogP contribution in [-0.4, -0.2) is 29.0 Å². The highest BCUT2D eigenvalue weighted by Crippen LogP contribution is 2.21. The second-order valence-electron chi connectivity index (χ2n) is 6.60. The topological polar surface area (TPSA) is 48.1 Å². The summed E-state index contributed by atoms with van der Waals surface area (Å²) >= 11 is 5.95. The van der Waals surface area contributed by atoms with E-state index in [4.69, 9.17) is 11.6 Å². The first-order valence-electron chi connectivity index (χ1n) is 8.52. The fourth-order valence-electron chi connectivity index (χ4n) is 3.46. The van der Waals surface area contributed by atoms with Gasteiger partial charge in [-0.25, -0.2) is 0 Å². The number of nitrogens with zero attached hydrogens (tertiary/aromatic N) is 1.